The highest BCUT2D eigenvalue weighted by Gasteiger charge is 2.23. The SMILES string of the molecule is Fc1ccc2[nH]cc(C3CCN(CCc4cnn(C5CCCCC5)c4)CC3)c2c1.O=C(O)C(=O)O. The number of benzene rings is 1. The van der Waals surface area contributed by atoms with Crippen molar-refractivity contribution in [1.29, 1.82) is 0 Å². The zero-order valence-electron chi connectivity index (χ0n) is 19.8. The molecule has 3 N–H and O–H groups in total. The number of likely N-dealkylation sites (tertiary alicyclic amines) is 1. The van der Waals surface area contributed by atoms with E-state index in [9.17, 15) is 4.39 Å². The number of H-pyrrole nitrogens is 1. The fourth-order valence-electron chi connectivity index (χ4n) is 5.26. The van der Waals surface area contributed by atoms with Crippen LogP contribution in [-0.2, 0) is 16.0 Å². The minimum atomic E-state index is -1.82. The number of nitrogens with one attached hydrogen (secondary N) is 1. The van der Waals surface area contributed by atoms with Crippen LogP contribution in [0.15, 0.2) is 36.8 Å². The van der Waals surface area contributed by atoms with E-state index in [1.165, 1.54) is 49.3 Å². The Morgan fingerprint density at radius 2 is 1.77 bits per heavy atom. The van der Waals surface area contributed by atoms with Crippen molar-refractivity contribution in [3.8, 4) is 0 Å². The maximum absolute atomic E-state index is 13.7. The van der Waals surface area contributed by atoms with Gasteiger partial charge >= 0.3 is 11.9 Å². The lowest BCUT2D eigenvalue weighted by Crippen LogP contribution is -2.34. The van der Waals surface area contributed by atoms with E-state index >= 15 is 0 Å². The van der Waals surface area contributed by atoms with Gasteiger partial charge in [-0.25, -0.2) is 14.0 Å². The van der Waals surface area contributed by atoms with Gasteiger partial charge in [0.2, 0.25) is 0 Å². The highest BCUT2D eigenvalue weighted by atomic mass is 19.1. The van der Waals surface area contributed by atoms with Crippen LogP contribution in [-0.4, -0.2) is 61.5 Å². The Balaban J connectivity index is 0.000000431. The molecular weight excluding hydrogens is 451 g/mol. The van der Waals surface area contributed by atoms with Gasteiger partial charge in [0.15, 0.2) is 0 Å². The van der Waals surface area contributed by atoms with Crippen LogP contribution in [0.25, 0.3) is 10.9 Å². The minimum absolute atomic E-state index is 0.149. The largest absolute Gasteiger partial charge is 0.473 e. The van der Waals surface area contributed by atoms with E-state index in [1.807, 2.05) is 6.07 Å². The number of fused-ring (bicyclic) bond motifs is 1. The third-order valence-electron chi connectivity index (χ3n) is 7.21. The fourth-order valence-corrected chi connectivity index (χ4v) is 5.26. The first-order valence-electron chi connectivity index (χ1n) is 12.4. The molecule has 0 radical (unpaired) electrons. The van der Waals surface area contributed by atoms with E-state index in [2.05, 4.69) is 38.3 Å². The first-order chi connectivity index (χ1) is 16.9. The number of hydrogen-bond donors (Lipinski definition) is 3. The van der Waals surface area contributed by atoms with Gasteiger partial charge in [0, 0.05) is 29.8 Å². The van der Waals surface area contributed by atoms with Crippen LogP contribution in [0.1, 0.15) is 68.0 Å². The topological polar surface area (TPSA) is 111 Å². The molecule has 0 spiro atoms. The summed E-state index contributed by atoms with van der Waals surface area (Å²) in [5, 5.41) is 20.5. The van der Waals surface area contributed by atoms with E-state index in [0.717, 1.165) is 49.8 Å². The Labute approximate surface area is 203 Å². The normalized spacial score (nSPS) is 17.7. The molecule has 0 bridgehead atoms. The summed E-state index contributed by atoms with van der Waals surface area (Å²) in [6.07, 6.45) is 16.4. The summed E-state index contributed by atoms with van der Waals surface area (Å²) in [5.41, 5.74) is 3.69. The molecule has 0 amide bonds. The number of hydrogen-bond acceptors (Lipinski definition) is 4. The lowest BCUT2D eigenvalue weighted by molar-refractivity contribution is -0.159. The van der Waals surface area contributed by atoms with Crippen molar-refractivity contribution in [2.24, 2.45) is 0 Å². The Kier molecular flexibility index (Phi) is 8.17. The average molecular weight is 485 g/mol. The molecule has 1 aromatic carbocycles. The number of aromatic amines is 1. The lowest BCUT2D eigenvalue weighted by Gasteiger charge is -2.31. The van der Waals surface area contributed by atoms with E-state index in [0.29, 0.717) is 12.0 Å². The average Bonchev–Trinajstić information content (AvgIpc) is 3.51. The molecule has 35 heavy (non-hydrogen) atoms. The number of halogens is 1. The van der Waals surface area contributed by atoms with Crippen LogP contribution in [0, 0.1) is 5.82 Å². The number of carbonyl (C=O) groups is 2. The van der Waals surface area contributed by atoms with E-state index in [-0.39, 0.29) is 5.82 Å². The molecule has 2 fully saturated rings. The molecule has 9 heteroatoms. The molecule has 2 aromatic heterocycles. The lowest BCUT2D eigenvalue weighted by atomic mass is 9.89. The second-order valence-electron chi connectivity index (χ2n) is 9.53. The summed E-state index contributed by atoms with van der Waals surface area (Å²) in [7, 11) is 0. The summed E-state index contributed by atoms with van der Waals surface area (Å²) in [6.45, 7) is 3.33. The predicted octanol–water partition coefficient (Wildman–Crippen LogP) is 4.59. The Hall–Kier alpha value is -3.20. The number of carboxylic acid groups (broad SMARTS) is 2. The first kappa shape index (κ1) is 24.9. The number of piperidine rings is 1. The van der Waals surface area contributed by atoms with Crippen molar-refractivity contribution in [3.63, 3.8) is 0 Å². The molecule has 8 nitrogen and oxygen atoms in total. The van der Waals surface area contributed by atoms with E-state index < -0.39 is 11.9 Å². The number of aromatic nitrogens is 3. The molecule has 1 saturated heterocycles. The summed E-state index contributed by atoms with van der Waals surface area (Å²) in [4.78, 5) is 24.1. The summed E-state index contributed by atoms with van der Waals surface area (Å²) < 4.78 is 15.9. The summed E-state index contributed by atoms with van der Waals surface area (Å²) in [6, 6.07) is 5.67. The third-order valence-corrected chi connectivity index (χ3v) is 7.21. The van der Waals surface area contributed by atoms with Crippen LogP contribution in [0.3, 0.4) is 0 Å². The van der Waals surface area contributed by atoms with E-state index in [4.69, 9.17) is 19.8 Å². The van der Waals surface area contributed by atoms with Crippen molar-refractivity contribution < 1.29 is 24.2 Å². The molecular formula is C26H33FN4O4. The summed E-state index contributed by atoms with van der Waals surface area (Å²) >= 11 is 0. The number of aliphatic carboxylic acids is 2. The fraction of sp³-hybridized carbons (Fsp3) is 0.500. The van der Waals surface area contributed by atoms with Crippen molar-refractivity contribution in [2.75, 3.05) is 19.6 Å². The smallest absolute Gasteiger partial charge is 0.414 e. The quantitative estimate of drug-likeness (QED) is 0.457. The van der Waals surface area contributed by atoms with Gasteiger partial charge in [-0.1, -0.05) is 19.3 Å². The summed E-state index contributed by atoms with van der Waals surface area (Å²) in [5.74, 6) is -3.27. The highest BCUT2D eigenvalue weighted by Crippen LogP contribution is 2.33. The molecule has 2 aliphatic rings. The third kappa shape index (κ3) is 6.48. The number of carboxylic acids is 2. The van der Waals surface area contributed by atoms with E-state index in [1.54, 1.807) is 6.07 Å². The molecule has 188 valence electrons. The zero-order valence-corrected chi connectivity index (χ0v) is 19.8. The molecule has 1 saturated carbocycles. The van der Waals surface area contributed by atoms with Crippen molar-refractivity contribution in [3.05, 3.63) is 53.7 Å². The molecule has 0 atom stereocenters. The Morgan fingerprint density at radius 3 is 2.46 bits per heavy atom. The van der Waals surface area contributed by atoms with Crippen LogP contribution in [0.5, 0.6) is 0 Å². The minimum Gasteiger partial charge on any atom is -0.473 e. The molecule has 3 aromatic rings. The van der Waals surface area contributed by atoms with Crippen LogP contribution in [0.4, 0.5) is 4.39 Å². The van der Waals surface area contributed by atoms with Crippen molar-refractivity contribution in [1.82, 2.24) is 19.7 Å². The van der Waals surface area contributed by atoms with Gasteiger partial charge in [-0.2, -0.15) is 5.10 Å². The molecule has 1 aliphatic carbocycles. The highest BCUT2D eigenvalue weighted by molar-refractivity contribution is 6.27. The van der Waals surface area contributed by atoms with Gasteiger partial charge in [-0.15, -0.1) is 0 Å². The second kappa shape index (κ2) is 11.5. The van der Waals surface area contributed by atoms with Gasteiger partial charge in [0.25, 0.3) is 0 Å². The van der Waals surface area contributed by atoms with Gasteiger partial charge in [-0.05, 0) is 80.4 Å². The van der Waals surface area contributed by atoms with Gasteiger partial charge in [0.05, 0.1) is 12.2 Å². The van der Waals surface area contributed by atoms with Crippen LogP contribution >= 0.6 is 0 Å². The monoisotopic (exact) mass is 484 g/mol. The molecule has 5 rings (SSSR count). The number of rotatable bonds is 5. The van der Waals surface area contributed by atoms with Gasteiger partial charge < -0.3 is 20.1 Å². The standard InChI is InChI=1S/C24H31FN4.C2H2O4/c25-20-6-7-24-22(14-20)23(16-26-24)19-9-12-28(13-10-19)11-8-18-15-27-29(17-18)21-4-2-1-3-5-21;3-1(4)2(5)6/h6-7,14-17,19,21,26H,1-5,8-13H2;(H,3,4)(H,5,6). The van der Waals surface area contributed by atoms with Crippen LogP contribution in [0.2, 0.25) is 0 Å². The molecule has 1 aliphatic heterocycles. The van der Waals surface area contributed by atoms with Crippen molar-refractivity contribution >= 4 is 22.8 Å². The number of nitrogens with zero attached hydrogens (tertiary/aromatic N) is 3. The Bertz CT molecular complexity index is 1130. The first-order valence-corrected chi connectivity index (χ1v) is 12.4. The second-order valence-corrected chi connectivity index (χ2v) is 9.53. The molecule has 3 heterocycles. The van der Waals surface area contributed by atoms with Crippen LogP contribution < -0.4 is 0 Å². The van der Waals surface area contributed by atoms with Gasteiger partial charge in [-0.3, -0.25) is 4.68 Å². The predicted molar refractivity (Wildman–Crippen MR) is 130 cm³/mol. The molecule has 0 unspecified atom stereocenters. The maximum Gasteiger partial charge on any atom is 0.414 e. The zero-order chi connectivity index (χ0) is 24.8. The van der Waals surface area contributed by atoms with Crippen molar-refractivity contribution in [2.45, 2.75) is 63.3 Å². The Morgan fingerprint density at radius 1 is 1.06 bits per heavy atom. The maximum atomic E-state index is 13.7. The van der Waals surface area contributed by atoms with Gasteiger partial charge in [0.1, 0.15) is 5.82 Å².